The van der Waals surface area contributed by atoms with E-state index in [0.717, 1.165) is 12.3 Å². The predicted octanol–water partition coefficient (Wildman–Crippen LogP) is 3.14. The number of hydrogen-bond donors (Lipinski definition) is 0. The second kappa shape index (κ2) is 2.94. The minimum atomic E-state index is -3.25. The van der Waals surface area contributed by atoms with E-state index in [0.29, 0.717) is 4.60 Å². The number of nitrogens with zero attached hydrogens (tertiary/aromatic N) is 1. The van der Waals surface area contributed by atoms with Gasteiger partial charge in [0.1, 0.15) is 4.60 Å². The Morgan fingerprint density at radius 3 is 2.64 bits per heavy atom. The molecule has 0 saturated carbocycles. The first kappa shape index (κ1) is 2.56. The van der Waals surface area contributed by atoms with Crippen LogP contribution in [0.25, 0.3) is 0 Å². The highest BCUT2D eigenvalue weighted by molar-refractivity contribution is 9.10. The van der Waals surface area contributed by atoms with Crippen LogP contribution in [-0.4, -0.2) is 4.98 Å². The zero-order chi connectivity index (χ0) is 16.0. The summed E-state index contributed by atoms with van der Waals surface area (Å²) in [7, 11) is 0. The van der Waals surface area contributed by atoms with E-state index in [1.165, 1.54) is 6.07 Å². The molecule has 1 aromatic rings. The Kier molecular flexibility index (Phi) is 0.683. The van der Waals surface area contributed by atoms with Crippen LogP contribution in [0.2, 0.25) is 0 Å². The van der Waals surface area contributed by atoms with Crippen LogP contribution in [0.4, 0.5) is 0 Å². The first-order valence-corrected chi connectivity index (χ1v) is 3.66. The van der Waals surface area contributed by atoms with E-state index >= 15 is 0 Å². The third-order valence-electron chi connectivity index (χ3n) is 1.16. The van der Waals surface area contributed by atoms with Gasteiger partial charge in [-0.15, -0.1) is 0 Å². The lowest BCUT2D eigenvalue weighted by molar-refractivity contribution is 0.587. The highest BCUT2D eigenvalue weighted by atomic mass is 79.9. The second-order valence-electron chi connectivity index (χ2n) is 2.12. The maximum atomic E-state index is 7.51. The molecule has 60 valence electrons. The van der Waals surface area contributed by atoms with Gasteiger partial charge in [0, 0.05) is 18.5 Å². The molecular formula is C9H12BrN. The number of pyridine rings is 1. The standard InChI is InChI=1S/C9H12BrN/c1-9(2,3)7-4-5-8(10)11-6-7/h4-6H,1-3H3/i1D3,2D3,3D3. The largest absolute Gasteiger partial charge is 0.249 e. The van der Waals surface area contributed by atoms with Gasteiger partial charge in [-0.2, -0.15) is 0 Å². The Morgan fingerprint density at radius 2 is 2.18 bits per heavy atom. The van der Waals surface area contributed by atoms with Crippen molar-refractivity contribution in [2.45, 2.75) is 26.0 Å². The van der Waals surface area contributed by atoms with Crippen molar-refractivity contribution in [1.82, 2.24) is 4.98 Å². The molecule has 0 aliphatic rings. The quantitative estimate of drug-likeness (QED) is 0.615. The van der Waals surface area contributed by atoms with E-state index in [1.54, 1.807) is 0 Å². The Hall–Kier alpha value is -0.370. The van der Waals surface area contributed by atoms with E-state index in [9.17, 15) is 0 Å². The predicted molar refractivity (Wildman–Crippen MR) is 50.6 cm³/mol. The fourth-order valence-corrected chi connectivity index (χ4v) is 0.832. The van der Waals surface area contributed by atoms with Crippen LogP contribution in [0.5, 0.6) is 0 Å². The SMILES string of the molecule is [2H]C([2H])([2H])C(c1ccc(Br)nc1)(C([2H])([2H])[2H])C([2H])([2H])[2H]. The molecule has 0 amide bonds. The number of rotatable bonds is 0. The zero-order valence-electron chi connectivity index (χ0n) is 14.6. The van der Waals surface area contributed by atoms with Crippen LogP contribution >= 0.6 is 15.9 Å². The summed E-state index contributed by atoms with van der Waals surface area (Å²) < 4.78 is 68.0. The molecule has 0 atom stereocenters. The molecule has 0 aliphatic heterocycles. The lowest BCUT2D eigenvalue weighted by Crippen LogP contribution is -2.10. The van der Waals surface area contributed by atoms with Gasteiger partial charge in [-0.1, -0.05) is 26.6 Å². The summed E-state index contributed by atoms with van der Waals surface area (Å²) in [6.07, 6.45) is 0.967. The number of halogens is 1. The fraction of sp³-hybridized carbons (Fsp3) is 0.444. The summed E-state index contributed by atoms with van der Waals surface area (Å²) in [5, 5.41) is 0. The van der Waals surface area contributed by atoms with Crippen LogP contribution in [0.15, 0.2) is 22.9 Å². The smallest absolute Gasteiger partial charge is 0.106 e. The molecule has 0 aliphatic carbocycles. The molecule has 0 saturated heterocycles. The summed E-state index contributed by atoms with van der Waals surface area (Å²) in [6.45, 7) is -9.75. The van der Waals surface area contributed by atoms with Crippen LogP contribution in [0.3, 0.4) is 0 Å². The molecule has 0 radical (unpaired) electrons. The molecule has 0 unspecified atom stereocenters. The Balaban J connectivity index is 3.77. The van der Waals surface area contributed by atoms with E-state index in [4.69, 9.17) is 12.3 Å². The van der Waals surface area contributed by atoms with Crippen molar-refractivity contribution in [2.24, 2.45) is 0 Å². The van der Waals surface area contributed by atoms with Gasteiger partial charge in [-0.25, -0.2) is 4.98 Å². The molecule has 0 bridgehead atoms. The van der Waals surface area contributed by atoms with Crippen LogP contribution in [0, 0.1) is 0 Å². The Labute approximate surface area is 88.6 Å². The maximum absolute atomic E-state index is 7.51. The summed E-state index contributed by atoms with van der Waals surface area (Å²) in [5.41, 5.74) is -3.35. The minimum absolute atomic E-state index is 0.344. The average Bonchev–Trinajstić information content (AvgIpc) is 2.14. The van der Waals surface area contributed by atoms with Crippen molar-refractivity contribution in [3.8, 4) is 0 Å². The van der Waals surface area contributed by atoms with E-state index < -0.39 is 26.0 Å². The van der Waals surface area contributed by atoms with Crippen molar-refractivity contribution in [2.75, 3.05) is 0 Å². The monoisotopic (exact) mass is 222 g/mol. The topological polar surface area (TPSA) is 12.9 Å². The highest BCUT2D eigenvalue weighted by Crippen LogP contribution is 2.21. The first-order chi connectivity index (χ1) is 8.75. The van der Waals surface area contributed by atoms with E-state index in [-0.39, 0.29) is 5.56 Å². The van der Waals surface area contributed by atoms with Crippen LogP contribution in [-0.2, 0) is 5.41 Å². The number of aromatic nitrogens is 1. The molecule has 1 rings (SSSR count). The van der Waals surface area contributed by atoms with Crippen molar-refractivity contribution >= 4 is 15.9 Å². The van der Waals surface area contributed by atoms with Gasteiger partial charge >= 0.3 is 0 Å². The molecule has 1 heterocycles. The first-order valence-electron chi connectivity index (χ1n) is 7.37. The van der Waals surface area contributed by atoms with E-state index in [1.807, 2.05) is 0 Å². The minimum Gasteiger partial charge on any atom is -0.249 e. The van der Waals surface area contributed by atoms with Gasteiger partial charge in [0.25, 0.3) is 0 Å². The molecule has 11 heavy (non-hydrogen) atoms. The van der Waals surface area contributed by atoms with Crippen molar-refractivity contribution in [1.29, 1.82) is 0 Å². The van der Waals surface area contributed by atoms with Gasteiger partial charge in [0.2, 0.25) is 0 Å². The highest BCUT2D eigenvalue weighted by Gasteiger charge is 2.12. The van der Waals surface area contributed by atoms with Crippen LogP contribution < -0.4 is 0 Å². The van der Waals surface area contributed by atoms with E-state index in [2.05, 4.69) is 20.9 Å². The normalized spacial score (nSPS) is 27.2. The van der Waals surface area contributed by atoms with Crippen molar-refractivity contribution in [3.05, 3.63) is 28.5 Å². The summed E-state index contributed by atoms with van der Waals surface area (Å²) >= 11 is 3.03. The van der Waals surface area contributed by atoms with Gasteiger partial charge < -0.3 is 0 Å². The number of hydrogen-bond acceptors (Lipinski definition) is 1. The van der Waals surface area contributed by atoms with Crippen LogP contribution in [0.1, 0.15) is 38.5 Å². The maximum Gasteiger partial charge on any atom is 0.106 e. The fourth-order valence-electron chi connectivity index (χ4n) is 0.598. The second-order valence-corrected chi connectivity index (χ2v) is 2.93. The molecule has 0 aromatic carbocycles. The molecule has 0 fully saturated rings. The molecule has 1 nitrogen and oxygen atoms in total. The van der Waals surface area contributed by atoms with Crippen molar-refractivity contribution < 1.29 is 12.3 Å². The van der Waals surface area contributed by atoms with Gasteiger partial charge in [-0.3, -0.25) is 0 Å². The van der Waals surface area contributed by atoms with Gasteiger partial charge in [0.05, 0.1) is 0 Å². The van der Waals surface area contributed by atoms with Gasteiger partial charge in [0.15, 0.2) is 0 Å². The van der Waals surface area contributed by atoms with Gasteiger partial charge in [-0.05, 0) is 33.0 Å². The molecule has 1 aromatic heterocycles. The molecular weight excluding hydrogens is 202 g/mol. The summed E-state index contributed by atoms with van der Waals surface area (Å²) in [4.78, 5) is 3.75. The lowest BCUT2D eigenvalue weighted by atomic mass is 9.88. The average molecular weight is 223 g/mol. The zero-order valence-corrected chi connectivity index (χ0v) is 7.14. The lowest BCUT2D eigenvalue weighted by Gasteiger charge is -2.17. The third-order valence-corrected chi connectivity index (χ3v) is 1.63. The summed E-state index contributed by atoms with van der Waals surface area (Å²) in [6, 6.07) is 2.47. The molecule has 0 N–H and O–H groups in total. The van der Waals surface area contributed by atoms with Crippen molar-refractivity contribution in [3.63, 3.8) is 0 Å². The molecule has 0 spiro atoms. The Bertz CT molecular complexity index is 434. The summed E-state index contributed by atoms with van der Waals surface area (Å²) in [5.74, 6) is 0. The molecule has 2 heteroatoms. The Morgan fingerprint density at radius 1 is 1.45 bits per heavy atom. The third kappa shape index (κ3) is 2.29.